The number of hydrogen-bond acceptors (Lipinski definition) is 11. The molecule has 0 fully saturated rings. The van der Waals surface area contributed by atoms with Gasteiger partial charge in [0, 0.05) is 28.6 Å². The molecule has 0 bridgehead atoms. The summed E-state index contributed by atoms with van der Waals surface area (Å²) in [6, 6.07) is 25.6. The Morgan fingerprint density at radius 2 is 0.984 bits per heavy atom. The zero-order chi connectivity index (χ0) is 46.1. The van der Waals surface area contributed by atoms with E-state index in [0.29, 0.717) is 85.8 Å². The maximum Gasteiger partial charge on any atom is 0.179 e. The smallest absolute Gasteiger partial charge is 0.179 e. The molecule has 2 heterocycles. The van der Waals surface area contributed by atoms with Crippen molar-refractivity contribution < 1.29 is 40.9 Å². The molecule has 4 aromatic rings. The van der Waals surface area contributed by atoms with Crippen LogP contribution in [0.5, 0.6) is 11.5 Å². The van der Waals surface area contributed by atoms with E-state index in [1.165, 1.54) is 0 Å². The van der Waals surface area contributed by atoms with Crippen molar-refractivity contribution in [3.05, 3.63) is 107 Å². The molecule has 4 aromatic carbocycles. The summed E-state index contributed by atoms with van der Waals surface area (Å²) in [6.07, 6.45) is 5.57. The number of benzene rings is 4. The van der Waals surface area contributed by atoms with Crippen LogP contribution in [0.3, 0.4) is 0 Å². The number of unbranched alkanes of at least 4 members (excludes halogenated alkanes) is 2. The van der Waals surface area contributed by atoms with Gasteiger partial charge in [0.15, 0.2) is 19.7 Å². The van der Waals surface area contributed by atoms with Crippen molar-refractivity contribution in [1.82, 2.24) is 0 Å². The van der Waals surface area contributed by atoms with Gasteiger partial charge >= 0.3 is 0 Å². The fraction of sp³-hybridized carbons (Fsp3) is 0.529. The van der Waals surface area contributed by atoms with E-state index in [1.807, 2.05) is 61.5 Å². The zero-order valence-electron chi connectivity index (χ0n) is 38.4. The Bertz CT molecular complexity index is 2210. The second-order valence-electron chi connectivity index (χ2n) is 18.0. The lowest BCUT2D eigenvalue weighted by molar-refractivity contribution is 0.0174. The number of ether oxygens (including phenoxy) is 4. The van der Waals surface area contributed by atoms with Crippen molar-refractivity contribution in [2.75, 3.05) is 62.6 Å². The van der Waals surface area contributed by atoms with Crippen molar-refractivity contribution in [2.45, 2.75) is 114 Å². The monoisotopic (exact) mass is 918 g/mol. The van der Waals surface area contributed by atoms with Crippen LogP contribution in [0.4, 0.5) is 11.4 Å². The summed E-state index contributed by atoms with van der Waals surface area (Å²) in [7, 11) is -7.19. The molecular weight excluding hydrogens is 849 g/mol. The zero-order valence-corrected chi connectivity index (χ0v) is 40.0. The Kier molecular flexibility index (Phi) is 16.5. The minimum Gasteiger partial charge on any atom is -0.491 e. The lowest BCUT2D eigenvalue weighted by Crippen LogP contribution is -2.42. The van der Waals surface area contributed by atoms with Crippen LogP contribution >= 0.6 is 0 Å². The molecule has 2 aliphatic heterocycles. The van der Waals surface area contributed by atoms with Gasteiger partial charge in [-0.25, -0.2) is 16.8 Å². The third-order valence-electron chi connectivity index (χ3n) is 14.1. The van der Waals surface area contributed by atoms with E-state index in [4.69, 9.17) is 30.4 Å². The molecule has 0 aliphatic carbocycles. The molecule has 0 unspecified atom stereocenters. The highest BCUT2D eigenvalue weighted by Crippen LogP contribution is 2.53. The number of aliphatic hydroxyl groups is 1. The van der Waals surface area contributed by atoms with E-state index >= 15 is 0 Å². The molecule has 2 aliphatic rings. The van der Waals surface area contributed by atoms with E-state index in [-0.39, 0.29) is 33.7 Å². The summed E-state index contributed by atoms with van der Waals surface area (Å²) in [5.74, 6) is 0.734. The Morgan fingerprint density at radius 3 is 1.44 bits per heavy atom. The van der Waals surface area contributed by atoms with Gasteiger partial charge in [-0.1, -0.05) is 84.6 Å². The molecule has 0 radical (unpaired) electrons. The van der Waals surface area contributed by atoms with Crippen molar-refractivity contribution in [3.63, 3.8) is 0 Å². The number of nitrogens with two attached hydrogens (primary N) is 2. The summed E-state index contributed by atoms with van der Waals surface area (Å²) < 4.78 is 78.8. The summed E-state index contributed by atoms with van der Waals surface area (Å²) in [5, 5.41) is 12.1. The predicted octanol–water partition coefficient (Wildman–Crippen LogP) is 9.35. The molecule has 6 rings (SSSR count). The summed E-state index contributed by atoms with van der Waals surface area (Å²) in [6.45, 7) is 12.7. The fourth-order valence-corrected chi connectivity index (χ4v) is 14.9. The average Bonchev–Trinajstić information content (AvgIpc) is 3.39. The largest absolute Gasteiger partial charge is 0.491 e. The second kappa shape index (κ2) is 21.4. The first-order valence-electron chi connectivity index (χ1n) is 23.2. The molecule has 6 atom stereocenters. The maximum atomic E-state index is 13.9. The third kappa shape index (κ3) is 10.9. The van der Waals surface area contributed by atoms with Gasteiger partial charge in [0.25, 0.3) is 0 Å². The molecule has 0 saturated carbocycles. The van der Waals surface area contributed by atoms with Gasteiger partial charge < -0.3 is 35.5 Å². The average molecular weight is 919 g/mol. The van der Waals surface area contributed by atoms with Crippen molar-refractivity contribution >= 4 is 31.0 Å². The van der Waals surface area contributed by atoms with Crippen LogP contribution in [0.15, 0.2) is 94.7 Å². The van der Waals surface area contributed by atoms with Crippen LogP contribution in [0.25, 0.3) is 0 Å². The van der Waals surface area contributed by atoms with Gasteiger partial charge in [0.2, 0.25) is 0 Å². The highest BCUT2D eigenvalue weighted by atomic mass is 32.2. The summed E-state index contributed by atoms with van der Waals surface area (Å²) >= 11 is 0. The first-order valence-corrected chi connectivity index (χ1v) is 26.5. The molecule has 0 amide bonds. The number of aliphatic hydroxyl groups excluding tert-OH is 1. The van der Waals surface area contributed by atoms with Gasteiger partial charge in [-0.3, -0.25) is 0 Å². The maximum absolute atomic E-state index is 13.9. The fourth-order valence-electron chi connectivity index (χ4n) is 10.3. The van der Waals surface area contributed by atoms with Crippen LogP contribution in [-0.4, -0.2) is 79.2 Å². The van der Waals surface area contributed by atoms with Gasteiger partial charge in [0.05, 0.1) is 53.8 Å². The number of anilines is 2. The van der Waals surface area contributed by atoms with Gasteiger partial charge in [-0.05, 0) is 120 Å². The lowest BCUT2D eigenvalue weighted by Gasteiger charge is -2.41. The molecule has 11 nitrogen and oxygen atoms in total. The van der Waals surface area contributed by atoms with Gasteiger partial charge in [-0.15, -0.1) is 0 Å². The van der Waals surface area contributed by atoms with Crippen LogP contribution in [0.1, 0.15) is 120 Å². The van der Waals surface area contributed by atoms with Gasteiger partial charge in [0.1, 0.15) is 24.7 Å². The van der Waals surface area contributed by atoms with Crippen molar-refractivity contribution in [1.29, 1.82) is 0 Å². The molecule has 64 heavy (non-hydrogen) atoms. The Morgan fingerprint density at radius 1 is 0.578 bits per heavy atom. The molecule has 0 spiro atoms. The van der Waals surface area contributed by atoms with Crippen LogP contribution in [-0.2, 0) is 29.1 Å². The number of fused-ring (bicyclic) bond motifs is 2. The second-order valence-corrected chi connectivity index (χ2v) is 21.9. The minimum atomic E-state index is -3.67. The number of nitrogen functional groups attached to an aromatic ring is 2. The highest BCUT2D eigenvalue weighted by Gasteiger charge is 2.50. The Balaban J connectivity index is 0.970. The van der Waals surface area contributed by atoms with Gasteiger partial charge in [-0.2, -0.15) is 0 Å². The van der Waals surface area contributed by atoms with E-state index in [9.17, 15) is 21.9 Å². The molecule has 0 aromatic heterocycles. The van der Waals surface area contributed by atoms with E-state index in [1.54, 1.807) is 30.3 Å². The van der Waals surface area contributed by atoms with Crippen molar-refractivity contribution in [3.8, 4) is 11.5 Å². The number of sulfone groups is 2. The third-order valence-corrected chi connectivity index (χ3v) is 18.1. The minimum absolute atomic E-state index is 0.0675. The molecular formula is C51H70N2O9S2. The topological polar surface area (TPSA) is 177 Å². The number of hydrogen-bond donors (Lipinski definition) is 3. The Labute approximate surface area is 382 Å². The molecule has 350 valence electrons. The normalized spacial score (nSPS) is 24.8. The SMILES string of the molecule is CCCC[C@]1(CC)CS(=O)(=O)c2ccc(N)cc2[C@@H](c2ccc(OCCOCCOCCOc3ccc([C@H]4c5cc(N)ccc5S(=O)(=O)C[C@](CC)(CCCC)[C@@H]4O)cc3)cc2)[C@H]1C. The quantitative estimate of drug-likeness (QED) is 0.0536. The Hall–Kier alpha value is -4.14. The predicted molar refractivity (Wildman–Crippen MR) is 255 cm³/mol. The van der Waals surface area contributed by atoms with Crippen LogP contribution in [0.2, 0.25) is 0 Å². The van der Waals surface area contributed by atoms with E-state index in [2.05, 4.69) is 27.7 Å². The summed E-state index contributed by atoms with van der Waals surface area (Å²) in [4.78, 5) is 0.624. The highest BCUT2D eigenvalue weighted by molar-refractivity contribution is 7.91. The lowest BCUT2D eigenvalue weighted by atomic mass is 9.64. The van der Waals surface area contributed by atoms with Crippen LogP contribution in [0, 0.1) is 16.7 Å². The van der Waals surface area contributed by atoms with E-state index < -0.39 is 37.1 Å². The standard InChI is InChI=1S/C51H70N2O9S2/c1-6-10-24-50(8-3)34-63(55,56)45-22-16-39(52)32-43(45)47(36(50)5)37-12-18-41(19-13-37)61-30-28-59-26-27-60-29-31-62-42-20-14-38(15-21-42)48-44-33-40(53)17-23-46(44)64(57,58)35-51(9-4,49(48)54)25-11-7-2/h12-23,32-33,36,47-49,54H,6-11,24-31,34-35,52-53H2,1-5H3/t36-,47-,48+,49-,50-,51+/m1/s1. The number of rotatable bonds is 21. The van der Waals surface area contributed by atoms with Crippen LogP contribution < -0.4 is 20.9 Å². The molecule has 0 saturated heterocycles. The molecule has 13 heteroatoms. The van der Waals surface area contributed by atoms with Crippen molar-refractivity contribution in [2.24, 2.45) is 16.7 Å². The summed E-state index contributed by atoms with van der Waals surface area (Å²) in [5.41, 5.74) is 15.4. The first-order chi connectivity index (χ1) is 30.6. The first kappa shape index (κ1) is 49.3. The molecule has 5 N–H and O–H groups in total. The van der Waals surface area contributed by atoms with E-state index in [0.717, 1.165) is 55.2 Å².